The van der Waals surface area contributed by atoms with Crippen molar-refractivity contribution in [2.24, 2.45) is 0 Å². The van der Waals surface area contributed by atoms with Crippen LogP contribution in [0, 0.1) is 0 Å². The van der Waals surface area contributed by atoms with Crippen molar-refractivity contribution in [3.63, 3.8) is 0 Å². The van der Waals surface area contributed by atoms with Gasteiger partial charge in [-0.3, -0.25) is 0 Å². The first-order valence-corrected chi connectivity index (χ1v) is 7.64. The molecule has 0 aromatic heterocycles. The largest absolute Gasteiger partial charge is 0.418 e. The molecule has 1 aliphatic heterocycles. The highest BCUT2D eigenvalue weighted by atomic mass is 19.4. The zero-order valence-corrected chi connectivity index (χ0v) is 13.9. The number of urea groups is 2. The monoisotopic (exact) mass is 359 g/mol. The standard InChI is InChI=1S/C15H20F3N5O2/c1-22(2)12-4-3-10(9-11(12)15(16,17)18)21-13(24)19-5-7-23-8-6-20-14(23)25/h3-4,9H,5-8H2,1-2H3,(H,20,25)(H2,19,21,24). The maximum atomic E-state index is 13.1. The minimum absolute atomic E-state index is 0.0125. The van der Waals surface area contributed by atoms with Crippen LogP contribution < -0.4 is 20.9 Å². The van der Waals surface area contributed by atoms with Crippen molar-refractivity contribution in [3.8, 4) is 0 Å². The Balaban J connectivity index is 1.95. The molecule has 3 N–H and O–H groups in total. The minimum atomic E-state index is -4.53. The molecule has 1 aliphatic rings. The Kier molecular flexibility index (Phi) is 5.60. The molecule has 0 atom stereocenters. The number of carbonyl (C=O) groups is 2. The molecule has 1 fully saturated rings. The van der Waals surface area contributed by atoms with Gasteiger partial charge >= 0.3 is 18.2 Å². The number of amides is 4. The Morgan fingerprint density at radius 2 is 2.08 bits per heavy atom. The van der Waals surface area contributed by atoms with Crippen molar-refractivity contribution in [3.05, 3.63) is 23.8 Å². The second-order valence-electron chi connectivity index (χ2n) is 5.72. The summed E-state index contributed by atoms with van der Waals surface area (Å²) in [6.07, 6.45) is -4.53. The van der Waals surface area contributed by atoms with Gasteiger partial charge in [-0.2, -0.15) is 13.2 Å². The summed E-state index contributed by atoms with van der Waals surface area (Å²) in [5.41, 5.74) is -0.781. The third-order valence-corrected chi connectivity index (χ3v) is 3.65. The maximum absolute atomic E-state index is 13.1. The van der Waals surface area contributed by atoms with Gasteiger partial charge in [0.2, 0.25) is 0 Å². The second-order valence-corrected chi connectivity index (χ2v) is 5.72. The smallest absolute Gasteiger partial charge is 0.377 e. The number of alkyl halides is 3. The molecule has 0 aliphatic carbocycles. The molecule has 4 amide bonds. The molecule has 0 spiro atoms. The van der Waals surface area contributed by atoms with Gasteiger partial charge in [0.25, 0.3) is 0 Å². The van der Waals surface area contributed by atoms with Gasteiger partial charge in [0.05, 0.1) is 5.56 Å². The van der Waals surface area contributed by atoms with Crippen LogP contribution in [0.25, 0.3) is 0 Å². The van der Waals surface area contributed by atoms with E-state index in [0.717, 1.165) is 6.07 Å². The second kappa shape index (κ2) is 7.49. The molecule has 2 rings (SSSR count). The molecule has 0 unspecified atom stereocenters. The van der Waals surface area contributed by atoms with Crippen molar-refractivity contribution in [1.29, 1.82) is 0 Å². The van der Waals surface area contributed by atoms with E-state index in [1.807, 2.05) is 0 Å². The number of benzene rings is 1. The molecule has 10 heteroatoms. The molecule has 1 saturated heterocycles. The average molecular weight is 359 g/mol. The van der Waals surface area contributed by atoms with Gasteiger partial charge < -0.3 is 25.8 Å². The fourth-order valence-electron chi connectivity index (χ4n) is 2.43. The summed E-state index contributed by atoms with van der Waals surface area (Å²) in [5, 5.41) is 7.51. The summed E-state index contributed by atoms with van der Waals surface area (Å²) >= 11 is 0. The third-order valence-electron chi connectivity index (χ3n) is 3.65. The van der Waals surface area contributed by atoms with Gasteiger partial charge in [0, 0.05) is 51.6 Å². The van der Waals surface area contributed by atoms with E-state index in [1.165, 1.54) is 36.0 Å². The van der Waals surface area contributed by atoms with Gasteiger partial charge in [0.1, 0.15) is 0 Å². The average Bonchev–Trinajstić information content (AvgIpc) is 2.91. The zero-order chi connectivity index (χ0) is 18.6. The molecular weight excluding hydrogens is 339 g/mol. The Labute approximate surface area is 143 Å². The van der Waals surface area contributed by atoms with Crippen LogP contribution in [0.1, 0.15) is 5.56 Å². The van der Waals surface area contributed by atoms with Crippen molar-refractivity contribution in [2.75, 3.05) is 50.5 Å². The number of hydrogen-bond acceptors (Lipinski definition) is 3. The molecule has 0 bridgehead atoms. The number of halogens is 3. The summed E-state index contributed by atoms with van der Waals surface area (Å²) in [6, 6.07) is 2.76. The Morgan fingerprint density at radius 3 is 2.64 bits per heavy atom. The number of hydrogen-bond donors (Lipinski definition) is 3. The number of rotatable bonds is 5. The normalized spacial score (nSPS) is 14.3. The van der Waals surface area contributed by atoms with Crippen molar-refractivity contribution >= 4 is 23.4 Å². The molecule has 7 nitrogen and oxygen atoms in total. The molecule has 0 saturated carbocycles. The maximum Gasteiger partial charge on any atom is 0.418 e. The highest BCUT2D eigenvalue weighted by Gasteiger charge is 2.34. The summed E-state index contributed by atoms with van der Waals surface area (Å²) in [4.78, 5) is 26.0. The van der Waals surface area contributed by atoms with E-state index in [4.69, 9.17) is 0 Å². The zero-order valence-electron chi connectivity index (χ0n) is 13.9. The molecular formula is C15H20F3N5O2. The van der Waals surface area contributed by atoms with E-state index in [2.05, 4.69) is 16.0 Å². The van der Waals surface area contributed by atoms with E-state index in [0.29, 0.717) is 19.6 Å². The lowest BCUT2D eigenvalue weighted by atomic mass is 10.1. The minimum Gasteiger partial charge on any atom is -0.377 e. The van der Waals surface area contributed by atoms with Crippen molar-refractivity contribution < 1.29 is 22.8 Å². The summed E-state index contributed by atoms with van der Waals surface area (Å²) in [5.74, 6) is 0. The van der Waals surface area contributed by atoms with E-state index in [-0.39, 0.29) is 24.0 Å². The summed E-state index contributed by atoms with van der Waals surface area (Å²) < 4.78 is 39.4. The fraction of sp³-hybridized carbons (Fsp3) is 0.467. The summed E-state index contributed by atoms with van der Waals surface area (Å²) in [7, 11) is 3.03. The fourth-order valence-corrected chi connectivity index (χ4v) is 2.43. The number of anilines is 2. The van der Waals surface area contributed by atoms with Crippen LogP contribution >= 0.6 is 0 Å². The van der Waals surface area contributed by atoms with Gasteiger partial charge in [-0.05, 0) is 18.2 Å². The van der Waals surface area contributed by atoms with Crippen LogP contribution in [0.4, 0.5) is 34.1 Å². The molecule has 0 radical (unpaired) electrons. The van der Waals surface area contributed by atoms with Crippen LogP contribution in [0.3, 0.4) is 0 Å². The van der Waals surface area contributed by atoms with Crippen LogP contribution in [0.15, 0.2) is 18.2 Å². The van der Waals surface area contributed by atoms with Gasteiger partial charge in [-0.1, -0.05) is 0 Å². The molecule has 25 heavy (non-hydrogen) atoms. The summed E-state index contributed by atoms with van der Waals surface area (Å²) in [6.45, 7) is 1.64. The first-order valence-electron chi connectivity index (χ1n) is 7.64. The molecule has 138 valence electrons. The van der Waals surface area contributed by atoms with Gasteiger partial charge in [-0.15, -0.1) is 0 Å². The predicted octanol–water partition coefficient (Wildman–Crippen LogP) is 1.92. The topological polar surface area (TPSA) is 76.7 Å². The lowest BCUT2D eigenvalue weighted by Gasteiger charge is -2.20. The molecule has 1 aromatic rings. The Morgan fingerprint density at radius 1 is 1.36 bits per heavy atom. The van der Waals surface area contributed by atoms with Crippen molar-refractivity contribution in [2.45, 2.75) is 6.18 Å². The van der Waals surface area contributed by atoms with E-state index >= 15 is 0 Å². The molecule has 1 aromatic carbocycles. The van der Waals surface area contributed by atoms with Gasteiger partial charge in [0.15, 0.2) is 0 Å². The number of nitrogens with one attached hydrogen (secondary N) is 3. The highest BCUT2D eigenvalue weighted by Crippen LogP contribution is 2.37. The lowest BCUT2D eigenvalue weighted by Crippen LogP contribution is -2.38. The first-order chi connectivity index (χ1) is 11.7. The van der Waals surface area contributed by atoms with Crippen LogP contribution in [-0.2, 0) is 6.18 Å². The SMILES string of the molecule is CN(C)c1ccc(NC(=O)NCCN2CCNC2=O)cc1C(F)(F)F. The highest BCUT2D eigenvalue weighted by molar-refractivity contribution is 5.89. The van der Waals surface area contributed by atoms with Crippen LogP contribution in [0.2, 0.25) is 0 Å². The predicted molar refractivity (Wildman–Crippen MR) is 87.8 cm³/mol. The Hall–Kier alpha value is -2.65. The van der Waals surface area contributed by atoms with E-state index in [1.54, 1.807) is 0 Å². The third kappa shape index (κ3) is 4.91. The Bertz CT molecular complexity index is 649. The van der Waals surface area contributed by atoms with Crippen molar-refractivity contribution in [1.82, 2.24) is 15.5 Å². The van der Waals surface area contributed by atoms with Gasteiger partial charge in [-0.25, -0.2) is 9.59 Å². The van der Waals surface area contributed by atoms with Crippen LogP contribution in [0.5, 0.6) is 0 Å². The number of carbonyl (C=O) groups excluding carboxylic acids is 2. The quantitative estimate of drug-likeness (QED) is 0.752. The number of nitrogens with zero attached hydrogens (tertiary/aromatic N) is 2. The first kappa shape index (κ1) is 18.7. The van der Waals surface area contributed by atoms with E-state index in [9.17, 15) is 22.8 Å². The lowest BCUT2D eigenvalue weighted by molar-refractivity contribution is -0.137. The van der Waals surface area contributed by atoms with Crippen LogP contribution in [-0.4, -0.2) is 57.2 Å². The molecule has 1 heterocycles. The van der Waals surface area contributed by atoms with E-state index < -0.39 is 17.8 Å².